The second-order valence-corrected chi connectivity index (χ2v) is 6.37. The number of thiophene rings is 1. The lowest BCUT2D eigenvalue weighted by Gasteiger charge is -1.99. The normalized spacial score (nSPS) is 10.8. The maximum Gasteiger partial charge on any atom is 0.336 e. The van der Waals surface area contributed by atoms with E-state index in [1.54, 1.807) is 16.8 Å². The van der Waals surface area contributed by atoms with Gasteiger partial charge in [0, 0.05) is 21.3 Å². The number of rotatable bonds is 3. The van der Waals surface area contributed by atoms with Gasteiger partial charge in [0.2, 0.25) is 0 Å². The molecule has 0 unspecified atom stereocenters. The van der Waals surface area contributed by atoms with E-state index in [9.17, 15) is 9.18 Å². The van der Waals surface area contributed by atoms with E-state index >= 15 is 0 Å². The molecule has 7 heteroatoms. The summed E-state index contributed by atoms with van der Waals surface area (Å²) in [7, 11) is 0. The molecule has 0 atom stereocenters. The SMILES string of the molecule is O=C(O)c1csc(-c2csc(-c3cc(Cl)ccc3F)n2)c1. The zero-order valence-electron chi connectivity index (χ0n) is 10.3. The van der Waals surface area contributed by atoms with Crippen LogP contribution in [-0.2, 0) is 0 Å². The highest BCUT2D eigenvalue weighted by atomic mass is 35.5. The Morgan fingerprint density at radius 2 is 2.05 bits per heavy atom. The van der Waals surface area contributed by atoms with Crippen LogP contribution in [0.2, 0.25) is 5.02 Å². The highest BCUT2D eigenvalue weighted by Crippen LogP contribution is 2.34. The summed E-state index contributed by atoms with van der Waals surface area (Å²) < 4.78 is 13.8. The van der Waals surface area contributed by atoms with Crippen molar-refractivity contribution in [3.8, 4) is 21.1 Å². The standard InChI is InChI=1S/C14H7ClFNO2S2/c15-8-1-2-10(16)9(4-8)13-17-11(6-21-13)12-3-7(5-20-12)14(18)19/h1-6H,(H,18,19). The van der Waals surface area contributed by atoms with Crippen LogP contribution in [0.25, 0.3) is 21.1 Å². The van der Waals surface area contributed by atoms with Gasteiger partial charge in [0.1, 0.15) is 10.8 Å². The van der Waals surface area contributed by atoms with Crippen LogP contribution in [0.3, 0.4) is 0 Å². The number of aromatic nitrogens is 1. The highest BCUT2D eigenvalue weighted by molar-refractivity contribution is 7.15. The summed E-state index contributed by atoms with van der Waals surface area (Å²) in [4.78, 5) is 16.0. The molecule has 3 nitrogen and oxygen atoms in total. The molecule has 0 aliphatic heterocycles. The Morgan fingerprint density at radius 3 is 2.76 bits per heavy atom. The van der Waals surface area contributed by atoms with Gasteiger partial charge >= 0.3 is 5.97 Å². The number of halogens is 2. The summed E-state index contributed by atoms with van der Waals surface area (Å²) in [6.45, 7) is 0. The van der Waals surface area contributed by atoms with Gasteiger partial charge in [-0.15, -0.1) is 22.7 Å². The fourth-order valence-corrected chi connectivity index (χ4v) is 3.68. The van der Waals surface area contributed by atoms with Crippen molar-refractivity contribution in [3.63, 3.8) is 0 Å². The first-order valence-electron chi connectivity index (χ1n) is 5.78. The Kier molecular flexibility index (Phi) is 3.75. The molecule has 0 fully saturated rings. The van der Waals surface area contributed by atoms with Crippen molar-refractivity contribution in [1.82, 2.24) is 4.98 Å². The molecule has 0 aliphatic carbocycles. The van der Waals surface area contributed by atoms with Gasteiger partial charge in [0.15, 0.2) is 0 Å². The molecule has 0 saturated heterocycles. The molecule has 0 spiro atoms. The zero-order chi connectivity index (χ0) is 15.0. The third kappa shape index (κ3) is 2.83. The van der Waals surface area contributed by atoms with Crippen molar-refractivity contribution in [2.24, 2.45) is 0 Å². The molecule has 2 aromatic heterocycles. The van der Waals surface area contributed by atoms with E-state index in [0.29, 0.717) is 21.3 Å². The Hall–Kier alpha value is -1.76. The van der Waals surface area contributed by atoms with Gasteiger partial charge in [-0.1, -0.05) is 11.6 Å². The number of hydrogen-bond donors (Lipinski definition) is 1. The predicted molar refractivity (Wildman–Crippen MR) is 82.8 cm³/mol. The lowest BCUT2D eigenvalue weighted by Crippen LogP contribution is -1.91. The van der Waals surface area contributed by atoms with Crippen LogP contribution in [0.1, 0.15) is 10.4 Å². The molecule has 2 heterocycles. The second-order valence-electron chi connectivity index (χ2n) is 4.17. The Morgan fingerprint density at radius 1 is 1.24 bits per heavy atom. The molecule has 0 radical (unpaired) electrons. The minimum absolute atomic E-state index is 0.221. The van der Waals surface area contributed by atoms with Gasteiger partial charge in [-0.25, -0.2) is 14.2 Å². The zero-order valence-corrected chi connectivity index (χ0v) is 12.7. The number of benzene rings is 1. The Bertz CT molecular complexity index is 828. The summed E-state index contributed by atoms with van der Waals surface area (Å²) in [6, 6.07) is 5.86. The average Bonchev–Trinajstić information content (AvgIpc) is 3.09. The molecule has 0 saturated carbocycles. The van der Waals surface area contributed by atoms with E-state index in [1.165, 1.54) is 40.9 Å². The Balaban J connectivity index is 1.99. The minimum Gasteiger partial charge on any atom is -0.478 e. The fraction of sp³-hybridized carbons (Fsp3) is 0. The maximum atomic E-state index is 13.8. The molecule has 1 N–H and O–H groups in total. The summed E-state index contributed by atoms with van der Waals surface area (Å²) in [5, 5.41) is 13.2. The van der Waals surface area contributed by atoms with Crippen molar-refractivity contribution < 1.29 is 14.3 Å². The molecule has 1 aromatic carbocycles. The molecule has 3 rings (SSSR count). The van der Waals surface area contributed by atoms with E-state index in [1.807, 2.05) is 0 Å². The van der Waals surface area contributed by atoms with Crippen molar-refractivity contribution in [2.45, 2.75) is 0 Å². The van der Waals surface area contributed by atoms with Crippen molar-refractivity contribution >= 4 is 40.2 Å². The third-order valence-corrected chi connectivity index (χ3v) is 4.83. The lowest BCUT2D eigenvalue weighted by molar-refractivity contribution is 0.0697. The summed E-state index contributed by atoms with van der Waals surface area (Å²) in [6.07, 6.45) is 0. The van der Waals surface area contributed by atoms with Gasteiger partial charge in [0.25, 0.3) is 0 Å². The third-order valence-electron chi connectivity index (χ3n) is 2.76. The molecule has 0 aliphatic rings. The van der Waals surface area contributed by atoms with Crippen molar-refractivity contribution in [2.75, 3.05) is 0 Å². The van der Waals surface area contributed by atoms with Gasteiger partial charge in [0.05, 0.1) is 16.1 Å². The Labute approximate surface area is 132 Å². The number of nitrogens with zero attached hydrogens (tertiary/aromatic N) is 1. The highest BCUT2D eigenvalue weighted by Gasteiger charge is 2.14. The summed E-state index contributed by atoms with van der Waals surface area (Å²) in [5.41, 5.74) is 1.19. The van der Waals surface area contributed by atoms with Crippen LogP contribution >= 0.6 is 34.3 Å². The van der Waals surface area contributed by atoms with Gasteiger partial charge < -0.3 is 5.11 Å². The molecular weight excluding hydrogens is 333 g/mol. The number of carbonyl (C=O) groups is 1. The van der Waals surface area contributed by atoms with Gasteiger partial charge in [-0.3, -0.25) is 0 Å². The number of aromatic carboxylic acids is 1. The first kappa shape index (κ1) is 14.2. The predicted octanol–water partition coefficient (Wildman–Crippen LogP) is 5.03. The fourth-order valence-electron chi connectivity index (χ4n) is 1.75. The smallest absolute Gasteiger partial charge is 0.336 e. The molecule has 0 bridgehead atoms. The molecule has 106 valence electrons. The monoisotopic (exact) mass is 339 g/mol. The van der Waals surface area contributed by atoms with E-state index < -0.39 is 11.8 Å². The van der Waals surface area contributed by atoms with Crippen molar-refractivity contribution in [1.29, 1.82) is 0 Å². The largest absolute Gasteiger partial charge is 0.478 e. The van der Waals surface area contributed by atoms with E-state index in [-0.39, 0.29) is 5.56 Å². The number of hydrogen-bond acceptors (Lipinski definition) is 4. The van der Waals surface area contributed by atoms with Gasteiger partial charge in [-0.2, -0.15) is 0 Å². The number of thiazole rings is 1. The minimum atomic E-state index is -0.978. The molecule has 3 aromatic rings. The van der Waals surface area contributed by atoms with Crippen LogP contribution in [0.15, 0.2) is 35.0 Å². The average molecular weight is 340 g/mol. The molecule has 21 heavy (non-hydrogen) atoms. The van der Waals surface area contributed by atoms with E-state index in [2.05, 4.69) is 4.98 Å². The van der Waals surface area contributed by atoms with Crippen molar-refractivity contribution in [3.05, 3.63) is 51.4 Å². The van der Waals surface area contributed by atoms with E-state index in [0.717, 1.165) is 4.88 Å². The quantitative estimate of drug-likeness (QED) is 0.728. The van der Waals surface area contributed by atoms with Gasteiger partial charge in [-0.05, 0) is 24.3 Å². The maximum absolute atomic E-state index is 13.8. The lowest BCUT2D eigenvalue weighted by atomic mass is 10.2. The summed E-state index contributed by atoms with van der Waals surface area (Å²) in [5.74, 6) is -1.37. The molecular formula is C14H7ClFNO2S2. The van der Waals surface area contributed by atoms with Crippen LogP contribution < -0.4 is 0 Å². The van der Waals surface area contributed by atoms with Crippen LogP contribution in [0.4, 0.5) is 4.39 Å². The number of carboxylic acid groups (broad SMARTS) is 1. The molecule has 0 amide bonds. The van der Waals surface area contributed by atoms with Crippen LogP contribution in [0.5, 0.6) is 0 Å². The number of carboxylic acids is 1. The van der Waals surface area contributed by atoms with E-state index in [4.69, 9.17) is 16.7 Å². The first-order valence-corrected chi connectivity index (χ1v) is 7.91. The topological polar surface area (TPSA) is 50.2 Å². The van der Waals surface area contributed by atoms with Crippen LogP contribution in [0, 0.1) is 5.82 Å². The first-order chi connectivity index (χ1) is 10.0. The second kappa shape index (κ2) is 5.55. The van der Waals surface area contributed by atoms with Crippen LogP contribution in [-0.4, -0.2) is 16.1 Å². The summed E-state index contributed by atoms with van der Waals surface area (Å²) >= 11 is 8.45.